The second-order valence-corrected chi connectivity index (χ2v) is 16.6. The van der Waals surface area contributed by atoms with E-state index < -0.39 is 79.0 Å². The van der Waals surface area contributed by atoms with Crippen LogP contribution in [0.1, 0.15) is 78.6 Å². The molecule has 4 aliphatic carbocycles. The number of rotatable bonds is 7. The van der Waals surface area contributed by atoms with Gasteiger partial charge in [-0.1, -0.05) is 13.8 Å². The maximum Gasteiger partial charge on any atom is 0.331 e. The number of ether oxygens (including phenoxy) is 6. The molecule has 7 aliphatic rings. The molecular weight excluding hydrogens is 640 g/mol. The molecule has 0 aromatic rings. The summed E-state index contributed by atoms with van der Waals surface area (Å²) in [5, 5.41) is 64.9. The summed E-state index contributed by atoms with van der Waals surface area (Å²) >= 11 is 0. The Bertz CT molecular complexity index is 1260. The molecule has 18 atom stereocenters. The van der Waals surface area contributed by atoms with Crippen LogP contribution in [0.3, 0.4) is 0 Å². The van der Waals surface area contributed by atoms with Crippen LogP contribution in [-0.2, 0) is 33.2 Å². The normalized spacial score (nSPS) is 54.4. The molecule has 13 nitrogen and oxygen atoms in total. The van der Waals surface area contributed by atoms with Crippen LogP contribution in [0.25, 0.3) is 0 Å². The van der Waals surface area contributed by atoms with Gasteiger partial charge in [-0.25, -0.2) is 4.79 Å². The number of carbonyl (C=O) groups is 1. The first-order chi connectivity index (χ1) is 23.2. The van der Waals surface area contributed by atoms with E-state index in [2.05, 4.69) is 13.8 Å². The lowest BCUT2D eigenvalue weighted by atomic mass is 9.42. The van der Waals surface area contributed by atoms with Gasteiger partial charge in [-0.15, -0.1) is 0 Å². The van der Waals surface area contributed by atoms with E-state index in [-0.39, 0.29) is 41.8 Å². The van der Waals surface area contributed by atoms with Crippen molar-refractivity contribution in [3.63, 3.8) is 0 Å². The number of aliphatic hydroxyl groups is 6. The first-order valence-corrected chi connectivity index (χ1v) is 18.3. The third-order valence-corrected chi connectivity index (χ3v) is 14.3. The molecule has 278 valence electrons. The molecule has 3 heterocycles. The number of fused-ring (bicyclic) bond motifs is 5. The second-order valence-electron chi connectivity index (χ2n) is 16.6. The van der Waals surface area contributed by atoms with Crippen LogP contribution in [0.4, 0.5) is 0 Å². The van der Waals surface area contributed by atoms with Gasteiger partial charge in [-0.05, 0) is 93.0 Å². The molecule has 2 saturated heterocycles. The van der Waals surface area contributed by atoms with E-state index in [0.717, 1.165) is 44.1 Å². The zero-order valence-electron chi connectivity index (χ0n) is 29.1. The van der Waals surface area contributed by atoms with Gasteiger partial charge in [0.05, 0.1) is 36.6 Å². The van der Waals surface area contributed by atoms with Crippen molar-refractivity contribution in [2.24, 2.45) is 34.5 Å². The smallest absolute Gasteiger partial charge is 0.331 e. The summed E-state index contributed by atoms with van der Waals surface area (Å²) in [6.07, 6.45) is -1.58. The number of aliphatic hydroxyl groups excluding tert-OH is 5. The topological polar surface area (TPSA) is 194 Å². The average molecular weight is 697 g/mol. The number of hydrogen-bond acceptors (Lipinski definition) is 13. The Morgan fingerprint density at radius 2 is 1.73 bits per heavy atom. The first kappa shape index (κ1) is 36.1. The lowest BCUT2D eigenvalue weighted by Crippen LogP contribution is -2.66. The zero-order valence-corrected chi connectivity index (χ0v) is 29.1. The monoisotopic (exact) mass is 696 g/mol. The molecule has 49 heavy (non-hydrogen) atoms. The molecule has 13 heteroatoms. The van der Waals surface area contributed by atoms with Gasteiger partial charge in [0.25, 0.3) is 0 Å². The summed E-state index contributed by atoms with van der Waals surface area (Å²) in [6, 6.07) is 0. The van der Waals surface area contributed by atoms with Crippen molar-refractivity contribution in [3.8, 4) is 0 Å². The first-order valence-electron chi connectivity index (χ1n) is 18.3. The SMILES string of the molecule is CO[C@H]1C[C@H](O[C@H]2CC[C@@]3(C)[C@H](CC[C@@H]4[C@@H]3[C@H](O)C[C@]3(C)[C@@H](C5=CC(=O)OC5)CC[C@]43O)C2)O[C@@H](C)[C@H]1O[C@H]1O[C@H](CO)[C@@H](O)[C@H](O)[C@H]1O. The molecule has 7 rings (SSSR count). The molecule has 3 aliphatic heterocycles. The Kier molecular flexibility index (Phi) is 9.82. The fraction of sp³-hybridized carbons (Fsp3) is 0.917. The molecule has 0 unspecified atom stereocenters. The van der Waals surface area contributed by atoms with Gasteiger partial charge < -0.3 is 59.1 Å². The highest BCUT2D eigenvalue weighted by molar-refractivity contribution is 5.85. The van der Waals surface area contributed by atoms with Crippen LogP contribution in [0.15, 0.2) is 11.6 Å². The summed E-state index contributed by atoms with van der Waals surface area (Å²) in [6.45, 7) is 5.97. The number of cyclic esters (lactones) is 1. The van der Waals surface area contributed by atoms with E-state index in [4.69, 9.17) is 28.4 Å². The average Bonchev–Trinajstić information content (AvgIpc) is 3.61. The minimum atomic E-state index is -1.55. The molecule has 6 fully saturated rings. The Morgan fingerprint density at radius 3 is 2.43 bits per heavy atom. The van der Waals surface area contributed by atoms with Crippen LogP contribution in [0, 0.1) is 34.5 Å². The molecule has 0 bridgehead atoms. The van der Waals surface area contributed by atoms with Gasteiger partial charge >= 0.3 is 5.97 Å². The highest BCUT2D eigenvalue weighted by Crippen LogP contribution is 2.70. The summed E-state index contributed by atoms with van der Waals surface area (Å²) in [5.41, 5.74) is -0.629. The summed E-state index contributed by atoms with van der Waals surface area (Å²) in [4.78, 5) is 11.9. The van der Waals surface area contributed by atoms with Crippen LogP contribution < -0.4 is 0 Å². The third kappa shape index (κ3) is 5.83. The lowest BCUT2D eigenvalue weighted by molar-refractivity contribution is -0.345. The summed E-state index contributed by atoms with van der Waals surface area (Å²) in [7, 11) is 1.56. The van der Waals surface area contributed by atoms with E-state index in [1.54, 1.807) is 13.2 Å². The van der Waals surface area contributed by atoms with E-state index in [1.807, 2.05) is 6.92 Å². The summed E-state index contributed by atoms with van der Waals surface area (Å²) < 4.78 is 35.5. The molecule has 0 aromatic carbocycles. The minimum Gasteiger partial charge on any atom is -0.458 e. The Morgan fingerprint density at radius 1 is 0.959 bits per heavy atom. The third-order valence-electron chi connectivity index (χ3n) is 14.3. The lowest BCUT2D eigenvalue weighted by Gasteiger charge is -2.65. The van der Waals surface area contributed by atoms with Crippen molar-refractivity contribution in [2.45, 2.75) is 152 Å². The van der Waals surface area contributed by atoms with E-state index in [1.165, 1.54) is 0 Å². The van der Waals surface area contributed by atoms with Crippen molar-refractivity contribution in [3.05, 3.63) is 11.6 Å². The van der Waals surface area contributed by atoms with Crippen molar-refractivity contribution in [1.29, 1.82) is 0 Å². The predicted octanol–water partition coefficient (Wildman–Crippen LogP) is 0.934. The van der Waals surface area contributed by atoms with Gasteiger partial charge in [0.1, 0.15) is 37.1 Å². The van der Waals surface area contributed by atoms with Gasteiger partial charge in [0.15, 0.2) is 12.6 Å². The molecule has 0 amide bonds. The van der Waals surface area contributed by atoms with Crippen molar-refractivity contribution < 1.29 is 63.9 Å². The van der Waals surface area contributed by atoms with Crippen molar-refractivity contribution >= 4 is 5.97 Å². The Balaban J connectivity index is 0.989. The maximum absolute atomic E-state index is 12.5. The maximum atomic E-state index is 12.5. The number of methoxy groups -OCH3 is 1. The quantitative estimate of drug-likeness (QED) is 0.163. The van der Waals surface area contributed by atoms with Gasteiger partial charge in [-0.3, -0.25) is 0 Å². The molecule has 4 saturated carbocycles. The van der Waals surface area contributed by atoms with Gasteiger partial charge in [0.2, 0.25) is 0 Å². The molecule has 6 N–H and O–H groups in total. The number of carbonyl (C=O) groups excluding carboxylic acids is 1. The van der Waals surface area contributed by atoms with Crippen molar-refractivity contribution in [1.82, 2.24) is 0 Å². The number of hydrogen-bond donors (Lipinski definition) is 6. The van der Waals surface area contributed by atoms with Crippen LogP contribution >= 0.6 is 0 Å². The standard InChI is InChI=1S/C36H56O13/c1-17-32(49-33-31(42)30(41)29(40)25(15-37)48-33)24(44-4)13-27(46-17)47-20-7-9-34(2)19(12-20)5-6-22-28(34)23(38)14-35(3)21(8-10-36(22,35)43)18-11-26(39)45-16-18/h11,17,19-25,27-33,37-38,40-43H,5-10,12-16H2,1-4H3/t17-,19+,20-,21+,22+,23+,24-,25+,27-,28+,29+,30-,31+,32+,33+,34-,35+,36-/m0/s1. The largest absolute Gasteiger partial charge is 0.458 e. The highest BCUT2D eigenvalue weighted by atomic mass is 16.7. The fourth-order valence-corrected chi connectivity index (χ4v) is 11.7. The Hall–Kier alpha value is -1.23. The minimum absolute atomic E-state index is 0.0187. The molecule has 0 radical (unpaired) electrons. The number of esters is 1. The molecule has 0 spiro atoms. The molecular formula is C36H56O13. The van der Waals surface area contributed by atoms with Crippen LogP contribution in [-0.4, -0.2) is 130 Å². The fourth-order valence-electron chi connectivity index (χ4n) is 11.7. The van der Waals surface area contributed by atoms with E-state index in [9.17, 15) is 35.4 Å². The van der Waals surface area contributed by atoms with E-state index in [0.29, 0.717) is 25.2 Å². The van der Waals surface area contributed by atoms with E-state index >= 15 is 0 Å². The summed E-state index contributed by atoms with van der Waals surface area (Å²) in [5.74, 6) is -0.0252. The van der Waals surface area contributed by atoms with Gasteiger partial charge in [-0.2, -0.15) is 0 Å². The highest BCUT2D eigenvalue weighted by Gasteiger charge is 2.70. The zero-order chi connectivity index (χ0) is 35.0. The second kappa shape index (κ2) is 13.3. The van der Waals surface area contributed by atoms with Gasteiger partial charge in [0, 0.05) is 25.0 Å². The molecule has 0 aromatic heterocycles. The van der Waals surface area contributed by atoms with Crippen molar-refractivity contribution in [2.75, 3.05) is 20.3 Å². The van der Waals surface area contributed by atoms with Crippen LogP contribution in [0.5, 0.6) is 0 Å². The van der Waals surface area contributed by atoms with Crippen LogP contribution in [0.2, 0.25) is 0 Å². The predicted molar refractivity (Wildman–Crippen MR) is 170 cm³/mol. The Labute approximate surface area is 287 Å².